The molecule has 13 heavy (non-hydrogen) atoms. The van der Waals surface area contributed by atoms with Gasteiger partial charge in [-0.3, -0.25) is 0 Å². The molecule has 0 saturated heterocycles. The summed E-state index contributed by atoms with van der Waals surface area (Å²) in [5, 5.41) is 7.91. The molecule has 1 rings (SSSR count). The molecule has 0 bridgehead atoms. The maximum absolute atomic E-state index is 10.5. The SMILES string of the molecule is NS(=O)(=O)CCNCCCC1CC1. The lowest BCUT2D eigenvalue weighted by molar-refractivity contribution is 0.582. The van der Waals surface area contributed by atoms with Gasteiger partial charge in [-0.1, -0.05) is 12.8 Å². The zero-order valence-corrected chi connectivity index (χ0v) is 8.65. The van der Waals surface area contributed by atoms with E-state index in [4.69, 9.17) is 5.14 Å². The largest absolute Gasteiger partial charge is 0.316 e. The second kappa shape index (κ2) is 4.93. The Labute approximate surface area is 79.9 Å². The van der Waals surface area contributed by atoms with E-state index in [9.17, 15) is 8.42 Å². The second-order valence-electron chi connectivity index (χ2n) is 3.70. The summed E-state index contributed by atoms with van der Waals surface area (Å²) in [6, 6.07) is 0. The van der Waals surface area contributed by atoms with Gasteiger partial charge in [0.2, 0.25) is 10.0 Å². The third kappa shape index (κ3) is 6.98. The predicted molar refractivity (Wildman–Crippen MR) is 52.8 cm³/mol. The standard InChI is InChI=1S/C8H18N2O2S/c9-13(11,12)7-6-10-5-1-2-8-3-4-8/h8,10H,1-7H2,(H2,9,11,12). The van der Waals surface area contributed by atoms with Crippen molar-refractivity contribution in [3.8, 4) is 0 Å². The zero-order valence-electron chi connectivity index (χ0n) is 7.83. The maximum atomic E-state index is 10.5. The summed E-state index contributed by atoms with van der Waals surface area (Å²) in [6.07, 6.45) is 5.20. The van der Waals surface area contributed by atoms with Crippen LogP contribution in [0.5, 0.6) is 0 Å². The third-order valence-electron chi connectivity index (χ3n) is 2.23. The average molecular weight is 206 g/mol. The van der Waals surface area contributed by atoms with Gasteiger partial charge < -0.3 is 5.32 Å². The van der Waals surface area contributed by atoms with Crippen LogP contribution >= 0.6 is 0 Å². The van der Waals surface area contributed by atoms with Crippen molar-refractivity contribution >= 4 is 10.0 Å². The number of hydrogen-bond donors (Lipinski definition) is 2. The van der Waals surface area contributed by atoms with Gasteiger partial charge in [0.15, 0.2) is 0 Å². The monoisotopic (exact) mass is 206 g/mol. The predicted octanol–water partition coefficient (Wildman–Crippen LogP) is 0.0547. The van der Waals surface area contributed by atoms with Gasteiger partial charge in [0.1, 0.15) is 0 Å². The molecule has 1 aliphatic rings. The molecule has 0 aromatic heterocycles. The van der Waals surface area contributed by atoms with E-state index in [0.29, 0.717) is 6.54 Å². The summed E-state index contributed by atoms with van der Waals surface area (Å²) in [5.41, 5.74) is 0. The summed E-state index contributed by atoms with van der Waals surface area (Å²) in [4.78, 5) is 0. The van der Waals surface area contributed by atoms with Gasteiger partial charge in [-0.05, 0) is 25.3 Å². The Morgan fingerprint density at radius 2 is 2.00 bits per heavy atom. The van der Waals surface area contributed by atoms with Crippen molar-refractivity contribution in [3.63, 3.8) is 0 Å². The average Bonchev–Trinajstić information content (AvgIpc) is 2.77. The summed E-state index contributed by atoms with van der Waals surface area (Å²) < 4.78 is 21.0. The minimum absolute atomic E-state index is 0.0381. The molecule has 0 aliphatic heterocycles. The van der Waals surface area contributed by atoms with Crippen LogP contribution in [0.3, 0.4) is 0 Å². The highest BCUT2D eigenvalue weighted by Gasteiger charge is 2.19. The highest BCUT2D eigenvalue weighted by molar-refractivity contribution is 7.89. The molecule has 1 aliphatic carbocycles. The first-order chi connectivity index (χ1) is 6.08. The highest BCUT2D eigenvalue weighted by atomic mass is 32.2. The topological polar surface area (TPSA) is 72.2 Å². The van der Waals surface area contributed by atoms with Gasteiger partial charge in [-0.15, -0.1) is 0 Å². The van der Waals surface area contributed by atoms with Crippen LogP contribution in [-0.4, -0.2) is 27.3 Å². The molecule has 0 aromatic carbocycles. The van der Waals surface area contributed by atoms with E-state index in [-0.39, 0.29) is 5.75 Å². The van der Waals surface area contributed by atoms with Crippen molar-refractivity contribution in [2.45, 2.75) is 25.7 Å². The number of primary sulfonamides is 1. The Hall–Kier alpha value is -0.130. The van der Waals surface area contributed by atoms with Crippen LogP contribution in [0.15, 0.2) is 0 Å². The van der Waals surface area contributed by atoms with E-state index in [1.54, 1.807) is 0 Å². The Morgan fingerprint density at radius 1 is 1.31 bits per heavy atom. The fourth-order valence-corrected chi connectivity index (χ4v) is 1.69. The van der Waals surface area contributed by atoms with Gasteiger partial charge in [0, 0.05) is 6.54 Å². The molecule has 0 unspecified atom stereocenters. The van der Waals surface area contributed by atoms with Gasteiger partial charge in [0.25, 0.3) is 0 Å². The van der Waals surface area contributed by atoms with E-state index in [1.165, 1.54) is 19.3 Å². The molecule has 5 heteroatoms. The van der Waals surface area contributed by atoms with E-state index in [0.717, 1.165) is 18.9 Å². The molecule has 0 atom stereocenters. The summed E-state index contributed by atoms with van der Waals surface area (Å²) >= 11 is 0. The first kappa shape index (κ1) is 10.9. The molecule has 0 spiro atoms. The van der Waals surface area contributed by atoms with Crippen LogP contribution in [-0.2, 0) is 10.0 Å². The second-order valence-corrected chi connectivity index (χ2v) is 5.44. The molecule has 0 heterocycles. The lowest BCUT2D eigenvalue weighted by Gasteiger charge is -2.02. The van der Waals surface area contributed by atoms with Crippen LogP contribution < -0.4 is 10.5 Å². The fourth-order valence-electron chi connectivity index (χ4n) is 1.26. The van der Waals surface area contributed by atoms with E-state index in [2.05, 4.69) is 5.32 Å². The van der Waals surface area contributed by atoms with Crippen molar-refractivity contribution in [2.24, 2.45) is 11.1 Å². The molecule has 4 nitrogen and oxygen atoms in total. The summed E-state index contributed by atoms with van der Waals surface area (Å²) in [7, 11) is -3.28. The molecule has 78 valence electrons. The van der Waals surface area contributed by atoms with Crippen LogP contribution in [0.25, 0.3) is 0 Å². The van der Waals surface area contributed by atoms with Crippen LogP contribution in [0.2, 0.25) is 0 Å². The molecule has 3 N–H and O–H groups in total. The maximum Gasteiger partial charge on any atom is 0.210 e. The number of hydrogen-bond acceptors (Lipinski definition) is 3. The molecule has 0 amide bonds. The van der Waals surface area contributed by atoms with Crippen molar-refractivity contribution in [1.82, 2.24) is 5.32 Å². The van der Waals surface area contributed by atoms with E-state index in [1.807, 2.05) is 0 Å². The molecule has 0 aromatic rings. The number of rotatable bonds is 7. The normalized spacial score (nSPS) is 17.6. The molecular formula is C8H18N2O2S. The van der Waals surface area contributed by atoms with Crippen molar-refractivity contribution in [3.05, 3.63) is 0 Å². The first-order valence-electron chi connectivity index (χ1n) is 4.79. The van der Waals surface area contributed by atoms with Gasteiger partial charge >= 0.3 is 0 Å². The van der Waals surface area contributed by atoms with Crippen molar-refractivity contribution in [1.29, 1.82) is 0 Å². The van der Waals surface area contributed by atoms with Crippen LogP contribution in [0, 0.1) is 5.92 Å². The molecule has 0 radical (unpaired) electrons. The Kier molecular flexibility index (Phi) is 4.15. The lowest BCUT2D eigenvalue weighted by atomic mass is 10.2. The van der Waals surface area contributed by atoms with Gasteiger partial charge in [-0.2, -0.15) is 0 Å². The lowest BCUT2D eigenvalue weighted by Crippen LogP contribution is -2.27. The van der Waals surface area contributed by atoms with Crippen molar-refractivity contribution in [2.75, 3.05) is 18.8 Å². The molecule has 1 fully saturated rings. The minimum Gasteiger partial charge on any atom is -0.316 e. The Bertz CT molecular complexity index is 235. The quantitative estimate of drug-likeness (QED) is 0.578. The Balaban J connectivity index is 1.83. The Morgan fingerprint density at radius 3 is 2.54 bits per heavy atom. The van der Waals surface area contributed by atoms with Gasteiger partial charge in [-0.25, -0.2) is 13.6 Å². The molecule has 1 saturated carbocycles. The zero-order chi connectivity index (χ0) is 9.73. The van der Waals surface area contributed by atoms with Crippen LogP contribution in [0.1, 0.15) is 25.7 Å². The molecular weight excluding hydrogens is 188 g/mol. The highest BCUT2D eigenvalue weighted by Crippen LogP contribution is 2.33. The van der Waals surface area contributed by atoms with Gasteiger partial charge in [0.05, 0.1) is 5.75 Å². The number of nitrogens with one attached hydrogen (secondary N) is 1. The third-order valence-corrected chi connectivity index (χ3v) is 3.00. The summed E-state index contributed by atoms with van der Waals surface area (Å²) in [5.74, 6) is 0.996. The fraction of sp³-hybridized carbons (Fsp3) is 1.00. The number of sulfonamides is 1. The van der Waals surface area contributed by atoms with E-state index >= 15 is 0 Å². The van der Waals surface area contributed by atoms with E-state index < -0.39 is 10.0 Å². The summed E-state index contributed by atoms with van der Waals surface area (Å²) in [6.45, 7) is 1.38. The van der Waals surface area contributed by atoms with Crippen LogP contribution in [0.4, 0.5) is 0 Å². The number of nitrogens with two attached hydrogens (primary N) is 1. The smallest absolute Gasteiger partial charge is 0.210 e. The van der Waals surface area contributed by atoms with Crippen molar-refractivity contribution < 1.29 is 8.42 Å². The first-order valence-corrected chi connectivity index (χ1v) is 6.50. The minimum atomic E-state index is -3.28.